The molecule has 0 aromatic heterocycles. The number of hydrogen-bond acceptors (Lipinski definition) is 4. The van der Waals surface area contributed by atoms with Gasteiger partial charge in [-0.2, -0.15) is 0 Å². The first-order valence-electron chi connectivity index (χ1n) is 6.72. The van der Waals surface area contributed by atoms with Gasteiger partial charge in [-0.25, -0.2) is 0 Å². The summed E-state index contributed by atoms with van der Waals surface area (Å²) in [5.41, 5.74) is 1.23. The minimum atomic E-state index is 0.319. The first-order valence-corrected chi connectivity index (χ1v) is 7.51. The number of nitrogens with zero attached hydrogens (tertiary/aromatic N) is 1. The topological polar surface area (TPSA) is 33.7 Å². The zero-order chi connectivity index (χ0) is 13.2. The summed E-state index contributed by atoms with van der Waals surface area (Å²) in [6.07, 6.45) is 2.45. The van der Waals surface area contributed by atoms with E-state index in [4.69, 9.17) is 9.47 Å². The molecule has 4 nitrogen and oxygen atoms in total. The Hall–Kier alpha value is -0.780. The average Bonchev–Trinajstić information content (AvgIpc) is 2.87. The van der Waals surface area contributed by atoms with Crippen LogP contribution in [0.5, 0.6) is 11.5 Å². The van der Waals surface area contributed by atoms with E-state index in [1.807, 2.05) is 0 Å². The Labute approximate surface area is 122 Å². The van der Waals surface area contributed by atoms with E-state index in [1.165, 1.54) is 31.5 Å². The van der Waals surface area contributed by atoms with Gasteiger partial charge in [0, 0.05) is 12.6 Å². The third-order valence-corrected chi connectivity index (χ3v) is 4.39. The van der Waals surface area contributed by atoms with Crippen LogP contribution in [0.3, 0.4) is 0 Å². The van der Waals surface area contributed by atoms with Crippen molar-refractivity contribution in [3.05, 3.63) is 22.2 Å². The van der Waals surface area contributed by atoms with Crippen LogP contribution in [0.1, 0.15) is 18.4 Å². The molecular weight excluding hydrogens is 308 g/mol. The minimum Gasteiger partial charge on any atom is -0.454 e. The number of rotatable bonds is 3. The van der Waals surface area contributed by atoms with E-state index in [-0.39, 0.29) is 0 Å². The molecule has 2 aliphatic heterocycles. The first-order chi connectivity index (χ1) is 9.22. The highest BCUT2D eigenvalue weighted by Crippen LogP contribution is 2.39. The van der Waals surface area contributed by atoms with Gasteiger partial charge < -0.3 is 19.7 Å². The molecule has 1 saturated heterocycles. The number of halogens is 1. The molecule has 0 spiro atoms. The summed E-state index contributed by atoms with van der Waals surface area (Å²) in [4.78, 5) is 2.38. The number of fused-ring (bicyclic) bond motifs is 1. The smallest absolute Gasteiger partial charge is 0.231 e. The van der Waals surface area contributed by atoms with Gasteiger partial charge in [0.1, 0.15) is 0 Å². The standard InChI is InChI=1S/C14H19BrN2O2/c1-17-4-2-11(3-5-17)16-8-10-6-12(15)14-13(7-10)18-9-19-14/h6-7,11,16H,2-5,8-9H2,1H3. The van der Waals surface area contributed by atoms with Crippen LogP contribution in [-0.4, -0.2) is 37.9 Å². The number of piperidine rings is 1. The van der Waals surface area contributed by atoms with Crippen molar-refractivity contribution >= 4 is 15.9 Å². The monoisotopic (exact) mass is 326 g/mol. The highest BCUT2D eigenvalue weighted by molar-refractivity contribution is 9.10. The Morgan fingerprint density at radius 3 is 2.89 bits per heavy atom. The summed E-state index contributed by atoms with van der Waals surface area (Å²) in [7, 11) is 2.19. The Morgan fingerprint density at radius 1 is 1.32 bits per heavy atom. The lowest BCUT2D eigenvalue weighted by Crippen LogP contribution is -2.40. The van der Waals surface area contributed by atoms with Crippen molar-refractivity contribution in [1.29, 1.82) is 0 Å². The number of hydrogen-bond donors (Lipinski definition) is 1. The predicted molar refractivity (Wildman–Crippen MR) is 77.6 cm³/mol. The highest BCUT2D eigenvalue weighted by atomic mass is 79.9. The number of benzene rings is 1. The van der Waals surface area contributed by atoms with Gasteiger partial charge in [-0.15, -0.1) is 0 Å². The molecule has 5 heteroatoms. The predicted octanol–water partition coefficient (Wildman–Crippen LogP) is 2.36. The molecule has 0 radical (unpaired) electrons. The van der Waals surface area contributed by atoms with E-state index in [0.717, 1.165) is 22.5 Å². The lowest BCUT2D eigenvalue weighted by atomic mass is 10.1. The Kier molecular flexibility index (Phi) is 3.96. The van der Waals surface area contributed by atoms with E-state index >= 15 is 0 Å². The van der Waals surface area contributed by atoms with Crippen LogP contribution >= 0.6 is 15.9 Å². The lowest BCUT2D eigenvalue weighted by Gasteiger charge is -2.29. The molecule has 1 aromatic rings. The summed E-state index contributed by atoms with van der Waals surface area (Å²) in [5.74, 6) is 1.66. The van der Waals surface area contributed by atoms with Crippen LogP contribution in [0, 0.1) is 0 Å². The fourth-order valence-corrected chi connectivity index (χ4v) is 3.20. The molecule has 1 fully saturated rings. The van der Waals surface area contributed by atoms with Crippen molar-refractivity contribution in [3.8, 4) is 11.5 Å². The van der Waals surface area contributed by atoms with Gasteiger partial charge in [0.15, 0.2) is 11.5 Å². The second-order valence-electron chi connectivity index (χ2n) is 5.27. The fourth-order valence-electron chi connectivity index (χ4n) is 2.60. The maximum atomic E-state index is 5.44. The van der Waals surface area contributed by atoms with Crippen molar-refractivity contribution < 1.29 is 9.47 Å². The van der Waals surface area contributed by atoms with E-state index in [0.29, 0.717) is 12.8 Å². The largest absolute Gasteiger partial charge is 0.454 e. The maximum Gasteiger partial charge on any atom is 0.231 e. The summed E-state index contributed by atoms with van der Waals surface area (Å²) in [6.45, 7) is 3.56. The lowest BCUT2D eigenvalue weighted by molar-refractivity contribution is 0.173. The second-order valence-corrected chi connectivity index (χ2v) is 6.12. The van der Waals surface area contributed by atoms with E-state index < -0.39 is 0 Å². The van der Waals surface area contributed by atoms with Crippen molar-refractivity contribution in [1.82, 2.24) is 10.2 Å². The molecule has 0 amide bonds. The van der Waals surface area contributed by atoms with Crippen molar-refractivity contribution in [2.24, 2.45) is 0 Å². The molecule has 0 saturated carbocycles. The van der Waals surface area contributed by atoms with Crippen LogP contribution < -0.4 is 14.8 Å². The van der Waals surface area contributed by atoms with Gasteiger partial charge in [-0.3, -0.25) is 0 Å². The fraction of sp³-hybridized carbons (Fsp3) is 0.571. The Morgan fingerprint density at radius 2 is 2.11 bits per heavy atom. The molecule has 3 rings (SSSR count). The van der Waals surface area contributed by atoms with E-state index in [9.17, 15) is 0 Å². The van der Waals surface area contributed by atoms with Gasteiger partial charge >= 0.3 is 0 Å². The molecule has 2 heterocycles. The molecule has 104 valence electrons. The third-order valence-electron chi connectivity index (χ3n) is 3.80. The molecule has 19 heavy (non-hydrogen) atoms. The zero-order valence-electron chi connectivity index (χ0n) is 11.1. The minimum absolute atomic E-state index is 0.319. The molecule has 0 aliphatic carbocycles. The quantitative estimate of drug-likeness (QED) is 0.924. The highest BCUT2D eigenvalue weighted by Gasteiger charge is 2.19. The number of ether oxygens (including phenoxy) is 2. The molecular formula is C14H19BrN2O2. The Bertz CT molecular complexity index is 459. The van der Waals surface area contributed by atoms with Crippen molar-refractivity contribution in [2.75, 3.05) is 26.9 Å². The van der Waals surface area contributed by atoms with E-state index in [1.54, 1.807) is 0 Å². The van der Waals surface area contributed by atoms with Gasteiger partial charge in [-0.05, 0) is 66.6 Å². The van der Waals surface area contributed by atoms with Crippen LogP contribution in [0.25, 0.3) is 0 Å². The van der Waals surface area contributed by atoms with Crippen LogP contribution in [0.2, 0.25) is 0 Å². The van der Waals surface area contributed by atoms with Crippen LogP contribution in [0.4, 0.5) is 0 Å². The Balaban J connectivity index is 1.60. The van der Waals surface area contributed by atoms with Gasteiger partial charge in [-0.1, -0.05) is 0 Å². The summed E-state index contributed by atoms with van der Waals surface area (Å²) >= 11 is 3.53. The summed E-state index contributed by atoms with van der Waals surface area (Å²) < 4.78 is 11.8. The first kappa shape index (κ1) is 13.2. The molecule has 0 atom stereocenters. The van der Waals surface area contributed by atoms with Crippen molar-refractivity contribution in [3.63, 3.8) is 0 Å². The summed E-state index contributed by atoms with van der Waals surface area (Å²) in [5, 5.41) is 3.63. The summed E-state index contributed by atoms with van der Waals surface area (Å²) in [6, 6.07) is 4.80. The van der Waals surface area contributed by atoms with Gasteiger partial charge in [0.25, 0.3) is 0 Å². The third kappa shape index (κ3) is 3.04. The molecule has 0 unspecified atom stereocenters. The maximum absolute atomic E-state index is 5.44. The second kappa shape index (κ2) is 5.69. The molecule has 1 aromatic carbocycles. The van der Waals surface area contributed by atoms with E-state index in [2.05, 4.69) is 45.3 Å². The van der Waals surface area contributed by atoms with Crippen LogP contribution in [0.15, 0.2) is 16.6 Å². The van der Waals surface area contributed by atoms with Crippen molar-refractivity contribution in [2.45, 2.75) is 25.4 Å². The number of nitrogens with one attached hydrogen (secondary N) is 1. The molecule has 1 N–H and O–H groups in total. The van der Waals surface area contributed by atoms with Gasteiger partial charge in [0.05, 0.1) is 4.47 Å². The SMILES string of the molecule is CN1CCC(NCc2cc(Br)c3c(c2)OCO3)CC1. The van der Waals surface area contributed by atoms with Gasteiger partial charge in [0.2, 0.25) is 6.79 Å². The molecule has 2 aliphatic rings. The number of likely N-dealkylation sites (tertiary alicyclic amines) is 1. The van der Waals surface area contributed by atoms with Crippen LogP contribution in [-0.2, 0) is 6.54 Å². The average molecular weight is 327 g/mol. The molecule has 0 bridgehead atoms. The zero-order valence-corrected chi connectivity index (χ0v) is 12.7. The normalized spacial score (nSPS) is 19.9.